The molecule has 11 nitrogen and oxygen atoms in total. The molecular formula is C27H41NO10. The number of nitrogens with two attached hydrogens (primary N) is 1. The number of esters is 2. The Bertz CT molecular complexity index is 930. The quantitative estimate of drug-likeness (QED) is 0.203. The third-order valence-corrected chi connectivity index (χ3v) is 5.01. The summed E-state index contributed by atoms with van der Waals surface area (Å²) in [5.41, 5.74) is 6.52. The third kappa shape index (κ3) is 12.8. The van der Waals surface area contributed by atoms with Gasteiger partial charge in [0.25, 0.3) is 0 Å². The standard InChI is InChI=1S/C27H41NO10/c1-8-18(6)24(29)33-15-19(7)36-25(30)21(28)11-20-9-10-22(37-26(31)34-13-16(2)3)23(12-20)38-27(32)35-14-17(4)5/h9-10,12,16-19,21H,8,11,13-15,28H2,1-7H3/t18?,19-,21-/m0/s1. The first-order chi connectivity index (χ1) is 17.8. The van der Waals surface area contributed by atoms with Crippen molar-refractivity contribution in [3.63, 3.8) is 0 Å². The van der Waals surface area contributed by atoms with Crippen LogP contribution in [0.4, 0.5) is 9.59 Å². The minimum absolute atomic E-state index is 0.0215. The molecule has 2 N–H and O–H groups in total. The molecule has 3 atom stereocenters. The van der Waals surface area contributed by atoms with Gasteiger partial charge in [0.05, 0.1) is 19.1 Å². The van der Waals surface area contributed by atoms with Gasteiger partial charge < -0.3 is 34.2 Å². The number of benzene rings is 1. The van der Waals surface area contributed by atoms with Gasteiger partial charge in [-0.1, -0.05) is 47.6 Å². The zero-order valence-corrected chi connectivity index (χ0v) is 23.3. The Hall–Kier alpha value is -3.34. The summed E-state index contributed by atoms with van der Waals surface area (Å²) in [4.78, 5) is 48.5. The summed E-state index contributed by atoms with van der Waals surface area (Å²) >= 11 is 0. The SMILES string of the molecule is CCC(C)C(=O)OC[C@H](C)OC(=O)[C@@H](N)Cc1ccc(OC(=O)OCC(C)C)c(OC(=O)OCC(C)C)c1. The fraction of sp³-hybridized carbons (Fsp3) is 0.630. The summed E-state index contributed by atoms with van der Waals surface area (Å²) in [5.74, 6) is -1.31. The van der Waals surface area contributed by atoms with E-state index in [0.717, 1.165) is 0 Å². The van der Waals surface area contributed by atoms with Gasteiger partial charge >= 0.3 is 24.2 Å². The van der Waals surface area contributed by atoms with Crippen LogP contribution in [0.15, 0.2) is 18.2 Å². The Labute approximate surface area is 224 Å². The molecule has 0 bridgehead atoms. The normalized spacial score (nSPS) is 13.3. The average Bonchev–Trinajstić information content (AvgIpc) is 2.85. The second kappa shape index (κ2) is 16.5. The van der Waals surface area contributed by atoms with Gasteiger partial charge in [-0.3, -0.25) is 9.59 Å². The molecule has 0 saturated carbocycles. The predicted molar refractivity (Wildman–Crippen MR) is 138 cm³/mol. The van der Waals surface area contributed by atoms with Gasteiger partial charge in [-0.25, -0.2) is 9.59 Å². The molecule has 11 heteroatoms. The van der Waals surface area contributed by atoms with Crippen molar-refractivity contribution >= 4 is 24.2 Å². The number of ether oxygens (including phenoxy) is 6. The molecule has 0 heterocycles. The number of carbonyl (C=O) groups excluding carboxylic acids is 4. The third-order valence-electron chi connectivity index (χ3n) is 5.01. The molecule has 1 aromatic rings. The van der Waals surface area contributed by atoms with E-state index in [4.69, 9.17) is 34.2 Å². The van der Waals surface area contributed by atoms with E-state index in [1.807, 2.05) is 34.6 Å². The van der Waals surface area contributed by atoms with Crippen LogP contribution in [0.25, 0.3) is 0 Å². The van der Waals surface area contributed by atoms with Crippen LogP contribution in [0.5, 0.6) is 11.5 Å². The molecule has 0 aliphatic carbocycles. The van der Waals surface area contributed by atoms with Crippen molar-refractivity contribution in [1.29, 1.82) is 0 Å². The van der Waals surface area contributed by atoms with Crippen molar-refractivity contribution in [2.45, 2.75) is 73.5 Å². The maximum Gasteiger partial charge on any atom is 0.513 e. The maximum absolute atomic E-state index is 12.5. The average molecular weight is 540 g/mol. The Morgan fingerprint density at radius 1 is 0.763 bits per heavy atom. The fourth-order valence-corrected chi connectivity index (χ4v) is 2.72. The minimum atomic E-state index is -1.06. The van der Waals surface area contributed by atoms with E-state index in [1.165, 1.54) is 12.1 Å². The molecule has 1 aromatic carbocycles. The first-order valence-electron chi connectivity index (χ1n) is 12.8. The molecule has 38 heavy (non-hydrogen) atoms. The van der Waals surface area contributed by atoms with Gasteiger partial charge in [0.2, 0.25) is 0 Å². The van der Waals surface area contributed by atoms with Crippen molar-refractivity contribution < 1.29 is 47.6 Å². The highest BCUT2D eigenvalue weighted by molar-refractivity contribution is 5.76. The van der Waals surface area contributed by atoms with Gasteiger partial charge in [0, 0.05) is 0 Å². The molecule has 1 unspecified atom stereocenters. The van der Waals surface area contributed by atoms with E-state index in [1.54, 1.807) is 19.9 Å². The van der Waals surface area contributed by atoms with Gasteiger partial charge in [-0.05, 0) is 49.3 Å². The zero-order valence-electron chi connectivity index (χ0n) is 23.3. The lowest BCUT2D eigenvalue weighted by Crippen LogP contribution is -2.37. The fourth-order valence-electron chi connectivity index (χ4n) is 2.72. The molecule has 214 valence electrons. The zero-order chi connectivity index (χ0) is 28.8. The number of hydrogen-bond acceptors (Lipinski definition) is 11. The van der Waals surface area contributed by atoms with Crippen LogP contribution in [0, 0.1) is 17.8 Å². The van der Waals surface area contributed by atoms with Crippen molar-refractivity contribution in [2.24, 2.45) is 23.5 Å². The lowest BCUT2D eigenvalue weighted by Gasteiger charge is -2.18. The first kappa shape index (κ1) is 32.7. The maximum atomic E-state index is 12.5. The second-order valence-electron chi connectivity index (χ2n) is 9.89. The summed E-state index contributed by atoms with van der Waals surface area (Å²) in [6.45, 7) is 12.9. The summed E-state index contributed by atoms with van der Waals surface area (Å²) in [6.07, 6.45) is -1.98. The summed E-state index contributed by atoms with van der Waals surface area (Å²) < 4.78 is 30.9. The molecule has 0 spiro atoms. The van der Waals surface area contributed by atoms with E-state index in [0.29, 0.717) is 12.0 Å². The Morgan fingerprint density at radius 2 is 1.32 bits per heavy atom. The van der Waals surface area contributed by atoms with Gasteiger partial charge in [-0.2, -0.15) is 0 Å². The highest BCUT2D eigenvalue weighted by atomic mass is 16.7. The van der Waals surface area contributed by atoms with Crippen molar-refractivity contribution in [1.82, 2.24) is 0 Å². The van der Waals surface area contributed by atoms with E-state index < -0.39 is 30.4 Å². The second-order valence-corrected chi connectivity index (χ2v) is 9.89. The molecule has 1 rings (SSSR count). The number of hydrogen-bond donors (Lipinski definition) is 1. The van der Waals surface area contributed by atoms with Crippen LogP contribution in [-0.2, 0) is 35.0 Å². The van der Waals surface area contributed by atoms with Gasteiger partial charge in [0.1, 0.15) is 18.8 Å². The number of carbonyl (C=O) groups is 4. The van der Waals surface area contributed by atoms with Crippen molar-refractivity contribution in [3.8, 4) is 11.5 Å². The van der Waals surface area contributed by atoms with Crippen molar-refractivity contribution in [3.05, 3.63) is 23.8 Å². The molecule has 0 aromatic heterocycles. The Kier molecular flexibility index (Phi) is 14.2. The molecule has 0 aliphatic heterocycles. The topological polar surface area (TPSA) is 150 Å². The van der Waals surface area contributed by atoms with E-state index in [2.05, 4.69) is 0 Å². The molecule has 0 radical (unpaired) electrons. The lowest BCUT2D eigenvalue weighted by molar-refractivity contribution is -0.160. The Balaban J connectivity index is 2.88. The van der Waals surface area contributed by atoms with Crippen LogP contribution in [-0.4, -0.2) is 56.2 Å². The largest absolute Gasteiger partial charge is 0.513 e. The predicted octanol–water partition coefficient (Wildman–Crippen LogP) is 4.42. The lowest BCUT2D eigenvalue weighted by atomic mass is 10.1. The van der Waals surface area contributed by atoms with Crippen LogP contribution >= 0.6 is 0 Å². The molecule has 0 aliphatic rings. The highest BCUT2D eigenvalue weighted by Crippen LogP contribution is 2.30. The van der Waals surface area contributed by atoms with E-state index in [-0.39, 0.29) is 61.5 Å². The van der Waals surface area contributed by atoms with Gasteiger partial charge in [0.15, 0.2) is 11.5 Å². The van der Waals surface area contributed by atoms with Crippen LogP contribution in [0.2, 0.25) is 0 Å². The summed E-state index contributed by atoms with van der Waals surface area (Å²) in [5, 5.41) is 0. The molecular weight excluding hydrogens is 498 g/mol. The van der Waals surface area contributed by atoms with Crippen LogP contribution in [0.3, 0.4) is 0 Å². The first-order valence-corrected chi connectivity index (χ1v) is 12.8. The molecule has 0 saturated heterocycles. The number of rotatable bonds is 14. The summed E-state index contributed by atoms with van der Waals surface area (Å²) in [6, 6.07) is 3.30. The van der Waals surface area contributed by atoms with Crippen molar-refractivity contribution in [2.75, 3.05) is 19.8 Å². The van der Waals surface area contributed by atoms with Crippen LogP contribution < -0.4 is 15.2 Å². The summed E-state index contributed by atoms with van der Waals surface area (Å²) in [7, 11) is 0. The van der Waals surface area contributed by atoms with Crippen LogP contribution in [0.1, 0.15) is 60.5 Å². The smallest absolute Gasteiger partial charge is 0.462 e. The highest BCUT2D eigenvalue weighted by Gasteiger charge is 2.23. The van der Waals surface area contributed by atoms with E-state index in [9.17, 15) is 19.2 Å². The Morgan fingerprint density at radius 3 is 1.84 bits per heavy atom. The van der Waals surface area contributed by atoms with Gasteiger partial charge in [-0.15, -0.1) is 0 Å². The molecule has 0 amide bonds. The van der Waals surface area contributed by atoms with E-state index >= 15 is 0 Å². The minimum Gasteiger partial charge on any atom is -0.462 e. The molecule has 0 fully saturated rings. The monoisotopic (exact) mass is 539 g/mol.